The van der Waals surface area contributed by atoms with Crippen LogP contribution in [0.3, 0.4) is 0 Å². The Bertz CT molecular complexity index is 1270. The number of nitriles is 1. The van der Waals surface area contributed by atoms with Crippen LogP contribution in [-0.2, 0) is 6.42 Å². The summed E-state index contributed by atoms with van der Waals surface area (Å²) in [5.74, 6) is 0.822. The van der Waals surface area contributed by atoms with Gasteiger partial charge in [0.2, 0.25) is 0 Å². The SMILES string of the molecule is CCCCCCN(CCCC[C@@H]1Cc2cc(O)ccc2C2C1C1CC[C@H](O)[C@@]1(C)C[C@@H]2F)C(=O)c1ccc(C#N)cc1. The van der Waals surface area contributed by atoms with Gasteiger partial charge in [0.1, 0.15) is 11.9 Å². The van der Waals surface area contributed by atoms with Crippen molar-refractivity contribution in [1.82, 2.24) is 4.90 Å². The molecule has 2 fully saturated rings. The smallest absolute Gasteiger partial charge is 0.253 e. The molecule has 3 aliphatic rings. The molecule has 2 saturated carbocycles. The summed E-state index contributed by atoms with van der Waals surface area (Å²) >= 11 is 0. The number of hydrogen-bond donors (Lipinski definition) is 2. The van der Waals surface area contributed by atoms with Gasteiger partial charge in [0.25, 0.3) is 5.91 Å². The molecule has 5 nitrogen and oxygen atoms in total. The topological polar surface area (TPSA) is 84.6 Å². The lowest BCUT2D eigenvalue weighted by Gasteiger charge is -2.54. The number of carbonyl (C=O) groups excluding carboxylic acids is 1. The van der Waals surface area contributed by atoms with Crippen LogP contribution in [0.1, 0.15) is 111 Å². The average molecular weight is 575 g/mol. The van der Waals surface area contributed by atoms with Crippen LogP contribution < -0.4 is 0 Å². The number of phenols is 1. The molecule has 0 radical (unpaired) electrons. The van der Waals surface area contributed by atoms with Gasteiger partial charge in [-0.3, -0.25) is 4.79 Å². The minimum atomic E-state index is -1.00. The van der Waals surface area contributed by atoms with Crippen LogP contribution in [0, 0.1) is 34.5 Å². The van der Waals surface area contributed by atoms with E-state index in [0.717, 1.165) is 81.9 Å². The maximum Gasteiger partial charge on any atom is 0.253 e. The number of phenolic OH excluding ortho intramolecular Hbond substituents is 1. The quantitative estimate of drug-likeness (QED) is 0.272. The van der Waals surface area contributed by atoms with E-state index in [1.165, 1.54) is 0 Å². The summed E-state index contributed by atoms with van der Waals surface area (Å²) in [6.45, 7) is 5.68. The predicted octanol–water partition coefficient (Wildman–Crippen LogP) is 7.55. The van der Waals surface area contributed by atoms with Crippen LogP contribution in [0.2, 0.25) is 0 Å². The molecule has 226 valence electrons. The minimum Gasteiger partial charge on any atom is -0.508 e. The van der Waals surface area contributed by atoms with E-state index in [0.29, 0.717) is 30.0 Å². The van der Waals surface area contributed by atoms with Crippen LogP contribution >= 0.6 is 0 Å². The maximum atomic E-state index is 16.1. The molecule has 3 aliphatic carbocycles. The fraction of sp³-hybridized carbons (Fsp3) is 0.611. The molecule has 3 unspecified atom stereocenters. The number of unbranched alkanes of at least 4 members (excludes halogenated alkanes) is 4. The van der Waals surface area contributed by atoms with Gasteiger partial charge in [-0.25, -0.2) is 4.39 Å². The Hall–Kier alpha value is -2.91. The van der Waals surface area contributed by atoms with Gasteiger partial charge in [0.15, 0.2) is 0 Å². The molecule has 2 N–H and O–H groups in total. The lowest BCUT2D eigenvalue weighted by Crippen LogP contribution is -2.51. The molecule has 0 bridgehead atoms. The van der Waals surface area contributed by atoms with Crippen molar-refractivity contribution < 1.29 is 19.4 Å². The van der Waals surface area contributed by atoms with Crippen molar-refractivity contribution in [3.8, 4) is 11.8 Å². The Kier molecular flexibility index (Phi) is 9.57. The van der Waals surface area contributed by atoms with Crippen molar-refractivity contribution in [2.75, 3.05) is 13.1 Å². The Balaban J connectivity index is 1.29. The molecule has 2 aromatic carbocycles. The highest BCUT2D eigenvalue weighted by Gasteiger charge is 2.59. The van der Waals surface area contributed by atoms with E-state index in [4.69, 9.17) is 5.26 Å². The van der Waals surface area contributed by atoms with Crippen molar-refractivity contribution in [1.29, 1.82) is 5.26 Å². The van der Waals surface area contributed by atoms with E-state index >= 15 is 4.39 Å². The molecule has 42 heavy (non-hydrogen) atoms. The molecular formula is C36H47FN2O3. The summed E-state index contributed by atoms with van der Waals surface area (Å²) in [4.78, 5) is 15.4. The third-order valence-corrected chi connectivity index (χ3v) is 10.9. The first-order valence-corrected chi connectivity index (χ1v) is 16.2. The molecule has 0 heterocycles. The number of aliphatic hydroxyl groups is 1. The first kappa shape index (κ1) is 30.5. The van der Waals surface area contributed by atoms with Crippen molar-refractivity contribution in [2.24, 2.45) is 23.2 Å². The van der Waals surface area contributed by atoms with Gasteiger partial charge in [-0.15, -0.1) is 0 Å². The third kappa shape index (κ3) is 6.09. The maximum absolute atomic E-state index is 16.1. The number of aliphatic hydroxyl groups excluding tert-OH is 1. The van der Waals surface area contributed by atoms with Gasteiger partial charge in [-0.1, -0.05) is 45.6 Å². The fourth-order valence-electron chi connectivity index (χ4n) is 8.66. The van der Waals surface area contributed by atoms with E-state index < -0.39 is 12.3 Å². The van der Waals surface area contributed by atoms with E-state index in [9.17, 15) is 15.0 Å². The molecule has 1 amide bonds. The zero-order valence-electron chi connectivity index (χ0n) is 25.3. The normalized spacial score (nSPS) is 29.7. The number of hydrogen-bond acceptors (Lipinski definition) is 4. The van der Waals surface area contributed by atoms with Gasteiger partial charge in [0, 0.05) is 24.6 Å². The lowest BCUT2D eigenvalue weighted by atomic mass is 9.51. The van der Waals surface area contributed by atoms with Crippen LogP contribution in [0.4, 0.5) is 4.39 Å². The molecule has 0 aliphatic heterocycles. The molecule has 7 atom stereocenters. The predicted molar refractivity (Wildman–Crippen MR) is 163 cm³/mol. The number of fused-ring (bicyclic) bond motifs is 5. The summed E-state index contributed by atoms with van der Waals surface area (Å²) in [6.07, 6.45) is 8.61. The largest absolute Gasteiger partial charge is 0.508 e. The molecule has 6 heteroatoms. The second-order valence-corrected chi connectivity index (χ2v) is 13.4. The summed E-state index contributed by atoms with van der Waals surface area (Å²) < 4.78 is 16.1. The second kappa shape index (κ2) is 13.2. The Labute approximate surface area is 250 Å². The van der Waals surface area contributed by atoms with Crippen molar-refractivity contribution in [2.45, 2.75) is 103 Å². The van der Waals surface area contributed by atoms with Gasteiger partial charge >= 0.3 is 0 Å². The Morgan fingerprint density at radius 1 is 1.07 bits per heavy atom. The molecule has 0 spiro atoms. The number of nitrogens with zero attached hydrogens (tertiary/aromatic N) is 2. The van der Waals surface area contributed by atoms with E-state index in [2.05, 4.69) is 19.9 Å². The van der Waals surface area contributed by atoms with Crippen LogP contribution in [-0.4, -0.2) is 46.4 Å². The van der Waals surface area contributed by atoms with Crippen LogP contribution in [0.15, 0.2) is 42.5 Å². The fourth-order valence-corrected chi connectivity index (χ4v) is 8.66. The van der Waals surface area contributed by atoms with Gasteiger partial charge in [-0.2, -0.15) is 5.26 Å². The monoisotopic (exact) mass is 574 g/mol. The number of halogens is 1. The summed E-state index contributed by atoms with van der Waals surface area (Å²) in [5, 5.41) is 30.3. The highest BCUT2D eigenvalue weighted by Crippen LogP contribution is 2.63. The summed E-state index contributed by atoms with van der Waals surface area (Å²) in [7, 11) is 0. The number of aromatic hydroxyl groups is 1. The first-order valence-electron chi connectivity index (χ1n) is 16.2. The number of amides is 1. The minimum absolute atomic E-state index is 0.0152. The summed E-state index contributed by atoms with van der Waals surface area (Å²) in [6, 6.07) is 14.5. The standard InChI is InChI=1S/C36H47FN2O3/c1-3-4-5-7-18-39(35(42)25-12-10-24(23-38)11-13-25)19-8-6-9-26-20-27-21-28(40)14-15-29(27)34-31(37)22-36(2)30(33(26)34)16-17-32(36)41/h10-15,21,26,30-34,40-41H,3-9,16-20,22H2,1-2H3/t26-,30?,31+,32+,33?,34?,36+/m1/s1. The summed E-state index contributed by atoms with van der Waals surface area (Å²) in [5.41, 5.74) is 2.91. The second-order valence-electron chi connectivity index (χ2n) is 13.4. The number of rotatable bonds is 11. The van der Waals surface area contributed by atoms with E-state index in [1.54, 1.807) is 30.3 Å². The third-order valence-electron chi connectivity index (χ3n) is 10.9. The number of alkyl halides is 1. The highest BCUT2D eigenvalue weighted by atomic mass is 19.1. The van der Waals surface area contributed by atoms with E-state index in [1.807, 2.05) is 17.0 Å². The molecule has 0 saturated heterocycles. The highest BCUT2D eigenvalue weighted by molar-refractivity contribution is 5.94. The molecular weight excluding hydrogens is 527 g/mol. The van der Waals surface area contributed by atoms with Gasteiger partial charge in [-0.05, 0) is 116 Å². The number of benzene rings is 2. The molecule has 0 aromatic heterocycles. The average Bonchev–Trinajstić information content (AvgIpc) is 3.28. The van der Waals surface area contributed by atoms with Crippen LogP contribution in [0.5, 0.6) is 5.75 Å². The van der Waals surface area contributed by atoms with E-state index in [-0.39, 0.29) is 34.8 Å². The molecule has 5 rings (SSSR count). The van der Waals surface area contributed by atoms with Crippen molar-refractivity contribution >= 4 is 5.91 Å². The van der Waals surface area contributed by atoms with Crippen molar-refractivity contribution in [3.05, 3.63) is 64.7 Å². The Morgan fingerprint density at radius 3 is 2.52 bits per heavy atom. The zero-order chi connectivity index (χ0) is 29.9. The van der Waals surface area contributed by atoms with Crippen LogP contribution in [0.25, 0.3) is 0 Å². The molecule has 2 aromatic rings. The Morgan fingerprint density at radius 2 is 1.81 bits per heavy atom. The van der Waals surface area contributed by atoms with Crippen molar-refractivity contribution in [3.63, 3.8) is 0 Å². The number of carbonyl (C=O) groups is 1. The first-order chi connectivity index (χ1) is 20.3. The zero-order valence-corrected chi connectivity index (χ0v) is 25.3. The van der Waals surface area contributed by atoms with Gasteiger partial charge in [0.05, 0.1) is 17.7 Å². The van der Waals surface area contributed by atoms with Gasteiger partial charge < -0.3 is 15.1 Å². The lowest BCUT2D eigenvalue weighted by molar-refractivity contribution is -0.0722.